The summed E-state index contributed by atoms with van der Waals surface area (Å²) in [5.41, 5.74) is 0.916. The van der Waals surface area contributed by atoms with Crippen molar-refractivity contribution in [1.29, 1.82) is 0 Å². The van der Waals surface area contributed by atoms with E-state index < -0.39 is 24.4 Å². The van der Waals surface area contributed by atoms with Crippen LogP contribution < -0.4 is 0 Å². The lowest BCUT2D eigenvalue weighted by Gasteiger charge is -2.22. The van der Waals surface area contributed by atoms with Gasteiger partial charge in [0, 0.05) is 18.9 Å². The zero-order chi connectivity index (χ0) is 12.1. The number of aliphatic carboxylic acids is 2. The van der Waals surface area contributed by atoms with Crippen molar-refractivity contribution in [3.8, 4) is 0 Å². The predicted octanol–water partition coefficient (Wildman–Crippen LogP) is 0.374. The average Bonchev–Trinajstić information content (AvgIpc) is 2.65. The summed E-state index contributed by atoms with van der Waals surface area (Å²) >= 11 is 0. The summed E-state index contributed by atoms with van der Waals surface area (Å²) in [6.45, 7) is 0.397. The van der Waals surface area contributed by atoms with Crippen molar-refractivity contribution in [2.45, 2.75) is 19.0 Å². The standard InChI is InChI=1S/C10H14N2O4/c1-12(6-7-2-3-11-5-7)8(10(15)16)4-9(13)14/h2-3,5,8,11H,4,6H2,1H3,(H,13,14)(H,15,16). The Morgan fingerprint density at radius 1 is 1.50 bits per heavy atom. The van der Waals surface area contributed by atoms with Gasteiger partial charge in [0.15, 0.2) is 0 Å². The topological polar surface area (TPSA) is 93.6 Å². The monoisotopic (exact) mass is 226 g/mol. The fraction of sp³-hybridized carbons (Fsp3) is 0.400. The zero-order valence-corrected chi connectivity index (χ0v) is 8.88. The first kappa shape index (κ1) is 12.3. The van der Waals surface area contributed by atoms with Gasteiger partial charge in [0.05, 0.1) is 6.42 Å². The quantitative estimate of drug-likeness (QED) is 0.651. The van der Waals surface area contributed by atoms with E-state index in [1.165, 1.54) is 4.90 Å². The molecule has 0 aromatic carbocycles. The van der Waals surface area contributed by atoms with Crippen LogP contribution in [0.25, 0.3) is 0 Å². The molecule has 1 aromatic heterocycles. The Morgan fingerprint density at radius 3 is 2.62 bits per heavy atom. The summed E-state index contributed by atoms with van der Waals surface area (Å²) in [5, 5.41) is 17.5. The molecule has 1 atom stereocenters. The normalized spacial score (nSPS) is 12.6. The molecular weight excluding hydrogens is 212 g/mol. The Labute approximate surface area is 92.5 Å². The van der Waals surface area contributed by atoms with E-state index >= 15 is 0 Å². The molecule has 88 valence electrons. The van der Waals surface area contributed by atoms with E-state index in [0.717, 1.165) is 5.56 Å². The average molecular weight is 226 g/mol. The van der Waals surface area contributed by atoms with Gasteiger partial charge in [0.2, 0.25) is 0 Å². The number of carboxylic acid groups (broad SMARTS) is 2. The fourth-order valence-electron chi connectivity index (χ4n) is 1.45. The van der Waals surface area contributed by atoms with E-state index in [2.05, 4.69) is 4.98 Å². The van der Waals surface area contributed by atoms with Gasteiger partial charge in [-0.1, -0.05) is 0 Å². The summed E-state index contributed by atoms with van der Waals surface area (Å²) in [4.78, 5) is 25.8. The van der Waals surface area contributed by atoms with Gasteiger partial charge in [-0.25, -0.2) is 0 Å². The minimum Gasteiger partial charge on any atom is -0.481 e. The molecule has 0 saturated heterocycles. The van der Waals surface area contributed by atoms with Gasteiger partial charge in [-0.05, 0) is 18.7 Å². The van der Waals surface area contributed by atoms with Gasteiger partial charge in [0.25, 0.3) is 0 Å². The molecule has 6 nitrogen and oxygen atoms in total. The summed E-state index contributed by atoms with van der Waals surface area (Å²) in [5.74, 6) is -2.24. The number of nitrogens with one attached hydrogen (secondary N) is 1. The molecule has 0 amide bonds. The molecule has 1 heterocycles. The number of nitrogens with zero attached hydrogens (tertiary/aromatic N) is 1. The highest BCUT2D eigenvalue weighted by atomic mass is 16.4. The largest absolute Gasteiger partial charge is 0.481 e. The van der Waals surface area contributed by atoms with Gasteiger partial charge in [-0.3, -0.25) is 14.5 Å². The highest BCUT2D eigenvalue weighted by Gasteiger charge is 2.25. The predicted molar refractivity (Wildman–Crippen MR) is 55.9 cm³/mol. The highest BCUT2D eigenvalue weighted by molar-refractivity contribution is 5.80. The lowest BCUT2D eigenvalue weighted by molar-refractivity contribution is -0.149. The number of likely N-dealkylation sites (N-methyl/N-ethyl adjacent to an activating group) is 1. The first-order valence-electron chi connectivity index (χ1n) is 4.77. The van der Waals surface area contributed by atoms with Gasteiger partial charge in [-0.15, -0.1) is 0 Å². The number of rotatable bonds is 6. The number of aromatic nitrogens is 1. The van der Waals surface area contributed by atoms with E-state index in [0.29, 0.717) is 6.54 Å². The first-order chi connectivity index (χ1) is 7.50. The van der Waals surface area contributed by atoms with Crippen LogP contribution in [0.3, 0.4) is 0 Å². The molecule has 0 aliphatic heterocycles. The molecule has 0 aliphatic carbocycles. The number of hydrogen-bond donors (Lipinski definition) is 3. The third-order valence-corrected chi connectivity index (χ3v) is 2.28. The maximum Gasteiger partial charge on any atom is 0.321 e. The van der Waals surface area contributed by atoms with Crippen molar-refractivity contribution in [2.24, 2.45) is 0 Å². The van der Waals surface area contributed by atoms with E-state index in [4.69, 9.17) is 10.2 Å². The van der Waals surface area contributed by atoms with Gasteiger partial charge >= 0.3 is 11.9 Å². The molecule has 3 N–H and O–H groups in total. The molecular formula is C10H14N2O4. The molecule has 16 heavy (non-hydrogen) atoms. The molecule has 6 heteroatoms. The molecule has 1 unspecified atom stereocenters. The third-order valence-electron chi connectivity index (χ3n) is 2.28. The summed E-state index contributed by atoms with van der Waals surface area (Å²) in [6.07, 6.45) is 3.07. The van der Waals surface area contributed by atoms with Crippen molar-refractivity contribution in [3.05, 3.63) is 24.0 Å². The van der Waals surface area contributed by atoms with Crippen molar-refractivity contribution in [1.82, 2.24) is 9.88 Å². The van der Waals surface area contributed by atoms with Crippen molar-refractivity contribution in [3.63, 3.8) is 0 Å². The lowest BCUT2D eigenvalue weighted by atomic mass is 10.1. The van der Waals surface area contributed by atoms with Crippen molar-refractivity contribution < 1.29 is 19.8 Å². The maximum atomic E-state index is 10.9. The fourth-order valence-corrected chi connectivity index (χ4v) is 1.45. The van der Waals surface area contributed by atoms with Crippen LogP contribution in [0.5, 0.6) is 0 Å². The van der Waals surface area contributed by atoms with E-state index in [-0.39, 0.29) is 0 Å². The minimum absolute atomic E-state index is 0.397. The van der Waals surface area contributed by atoms with Crippen LogP contribution in [0.2, 0.25) is 0 Å². The molecule has 0 fully saturated rings. The Kier molecular flexibility index (Phi) is 4.07. The third kappa shape index (κ3) is 3.39. The number of carboxylic acids is 2. The van der Waals surface area contributed by atoms with Crippen LogP contribution in [0.1, 0.15) is 12.0 Å². The van der Waals surface area contributed by atoms with Crippen LogP contribution in [-0.2, 0) is 16.1 Å². The Hall–Kier alpha value is -1.82. The SMILES string of the molecule is CN(Cc1cc[nH]c1)C(CC(=O)O)C(=O)O. The van der Waals surface area contributed by atoms with Gasteiger partial charge in [-0.2, -0.15) is 0 Å². The van der Waals surface area contributed by atoms with Crippen LogP contribution >= 0.6 is 0 Å². The number of aromatic amines is 1. The summed E-state index contributed by atoms with van der Waals surface area (Å²) in [6, 6.07) is 0.809. The van der Waals surface area contributed by atoms with Crippen LogP contribution in [-0.4, -0.2) is 45.1 Å². The molecule has 0 radical (unpaired) electrons. The molecule has 0 saturated carbocycles. The van der Waals surface area contributed by atoms with Gasteiger partial charge < -0.3 is 15.2 Å². The second kappa shape index (κ2) is 5.32. The maximum absolute atomic E-state index is 10.9. The minimum atomic E-state index is -1.12. The number of H-pyrrole nitrogens is 1. The summed E-state index contributed by atoms with van der Waals surface area (Å²) < 4.78 is 0. The van der Waals surface area contributed by atoms with E-state index in [1.54, 1.807) is 19.4 Å². The number of carbonyl (C=O) groups is 2. The second-order valence-electron chi connectivity index (χ2n) is 3.59. The zero-order valence-electron chi connectivity index (χ0n) is 8.88. The van der Waals surface area contributed by atoms with E-state index in [9.17, 15) is 9.59 Å². The van der Waals surface area contributed by atoms with E-state index in [1.807, 2.05) is 6.07 Å². The Balaban J connectivity index is 2.63. The molecule has 1 aromatic rings. The molecule has 0 bridgehead atoms. The smallest absolute Gasteiger partial charge is 0.321 e. The number of hydrogen-bond acceptors (Lipinski definition) is 3. The molecule has 0 aliphatic rings. The van der Waals surface area contributed by atoms with Gasteiger partial charge in [0.1, 0.15) is 6.04 Å². The first-order valence-corrected chi connectivity index (χ1v) is 4.77. The lowest BCUT2D eigenvalue weighted by Crippen LogP contribution is -2.39. The molecule has 1 rings (SSSR count). The highest BCUT2D eigenvalue weighted by Crippen LogP contribution is 2.08. The Morgan fingerprint density at radius 2 is 2.19 bits per heavy atom. The summed E-state index contributed by atoms with van der Waals surface area (Å²) in [7, 11) is 1.59. The van der Waals surface area contributed by atoms with Crippen molar-refractivity contribution >= 4 is 11.9 Å². The Bertz CT molecular complexity index is 361. The van der Waals surface area contributed by atoms with Crippen LogP contribution in [0.4, 0.5) is 0 Å². The van der Waals surface area contributed by atoms with Crippen LogP contribution in [0, 0.1) is 0 Å². The van der Waals surface area contributed by atoms with Crippen LogP contribution in [0.15, 0.2) is 18.5 Å². The molecule has 0 spiro atoms. The van der Waals surface area contributed by atoms with Crippen molar-refractivity contribution in [2.75, 3.05) is 7.05 Å². The second-order valence-corrected chi connectivity index (χ2v) is 3.59.